The van der Waals surface area contributed by atoms with Crippen molar-refractivity contribution in [3.05, 3.63) is 47.1 Å². The molecule has 0 unspecified atom stereocenters. The van der Waals surface area contributed by atoms with E-state index in [0.717, 1.165) is 5.39 Å². The van der Waals surface area contributed by atoms with Gasteiger partial charge >= 0.3 is 6.09 Å². The lowest BCUT2D eigenvalue weighted by molar-refractivity contribution is 0.0547. The molecule has 0 aromatic carbocycles. The number of fused-ring (bicyclic) bond motifs is 1. The molecule has 0 N–H and O–H groups in total. The van der Waals surface area contributed by atoms with Gasteiger partial charge in [0.05, 0.1) is 27.6 Å². The van der Waals surface area contributed by atoms with Crippen LogP contribution in [0.25, 0.3) is 22.3 Å². The second-order valence-electron chi connectivity index (χ2n) is 6.25. The summed E-state index contributed by atoms with van der Waals surface area (Å²) in [5.41, 5.74) is 0.689. The van der Waals surface area contributed by atoms with Crippen molar-refractivity contribution in [2.75, 3.05) is 0 Å². The molecule has 124 valence electrons. The van der Waals surface area contributed by atoms with Crippen molar-refractivity contribution < 1.29 is 13.9 Å². The molecule has 0 fully saturated rings. The number of ether oxygens (including phenoxy) is 1. The number of hydrogen-bond acceptors (Lipinski definition) is 4. The molecule has 3 rings (SSSR count). The minimum Gasteiger partial charge on any atom is -0.443 e. The van der Waals surface area contributed by atoms with Gasteiger partial charge in [-0.3, -0.25) is 4.98 Å². The summed E-state index contributed by atoms with van der Waals surface area (Å²) in [7, 11) is 0. The molecule has 0 saturated carbocycles. The topological polar surface area (TPSA) is 57.0 Å². The summed E-state index contributed by atoms with van der Waals surface area (Å²) in [4.78, 5) is 20.6. The van der Waals surface area contributed by atoms with Crippen LogP contribution >= 0.6 is 15.9 Å². The Balaban J connectivity index is 2.22. The molecular weight excluding hydrogens is 377 g/mol. The lowest BCUT2D eigenvalue weighted by Crippen LogP contribution is -2.27. The van der Waals surface area contributed by atoms with Gasteiger partial charge < -0.3 is 4.74 Å². The van der Waals surface area contributed by atoms with E-state index in [2.05, 4.69) is 25.9 Å². The van der Waals surface area contributed by atoms with Gasteiger partial charge in [0.25, 0.3) is 0 Å². The van der Waals surface area contributed by atoms with Crippen LogP contribution in [0.3, 0.4) is 0 Å². The summed E-state index contributed by atoms with van der Waals surface area (Å²) in [5, 5.41) is 0.788. The third kappa shape index (κ3) is 3.17. The summed E-state index contributed by atoms with van der Waals surface area (Å²) in [6, 6.07) is 6.72. The molecule has 0 bridgehead atoms. The van der Waals surface area contributed by atoms with Crippen LogP contribution in [0.15, 0.2) is 41.1 Å². The van der Waals surface area contributed by atoms with Crippen LogP contribution in [0.5, 0.6) is 0 Å². The molecule has 0 saturated heterocycles. The van der Waals surface area contributed by atoms with Crippen LogP contribution in [0.2, 0.25) is 0 Å². The first kappa shape index (κ1) is 16.6. The second-order valence-corrected chi connectivity index (χ2v) is 7.10. The molecule has 3 aromatic rings. The van der Waals surface area contributed by atoms with E-state index < -0.39 is 17.6 Å². The van der Waals surface area contributed by atoms with Crippen molar-refractivity contribution in [3.63, 3.8) is 0 Å². The molecular formula is C17H15BrFN3O2. The number of hydrogen-bond donors (Lipinski definition) is 0. The third-order valence-corrected chi connectivity index (χ3v) is 3.84. The zero-order valence-corrected chi connectivity index (χ0v) is 15.0. The Morgan fingerprint density at radius 3 is 2.71 bits per heavy atom. The Kier molecular flexibility index (Phi) is 4.13. The molecule has 0 aliphatic carbocycles. The first-order valence-corrected chi connectivity index (χ1v) is 8.07. The highest BCUT2D eigenvalue weighted by atomic mass is 79.9. The quantitative estimate of drug-likeness (QED) is 0.559. The van der Waals surface area contributed by atoms with Crippen LogP contribution in [-0.2, 0) is 4.74 Å². The van der Waals surface area contributed by atoms with E-state index >= 15 is 0 Å². The number of rotatable bonds is 1. The van der Waals surface area contributed by atoms with Gasteiger partial charge in [-0.15, -0.1) is 0 Å². The van der Waals surface area contributed by atoms with Gasteiger partial charge in [-0.1, -0.05) is 0 Å². The molecule has 0 radical (unpaired) electrons. The molecule has 3 aromatic heterocycles. The summed E-state index contributed by atoms with van der Waals surface area (Å²) in [6.07, 6.45) is 2.63. The van der Waals surface area contributed by atoms with Crippen molar-refractivity contribution in [1.29, 1.82) is 0 Å². The molecule has 3 heterocycles. The number of halogens is 2. The Labute approximate surface area is 146 Å². The summed E-state index contributed by atoms with van der Waals surface area (Å²) in [6.45, 7) is 5.35. The minimum atomic E-state index is -0.661. The zero-order chi connectivity index (χ0) is 17.5. The first-order valence-electron chi connectivity index (χ1n) is 7.27. The Bertz CT molecular complexity index is 931. The zero-order valence-electron chi connectivity index (χ0n) is 13.4. The average molecular weight is 392 g/mol. The van der Waals surface area contributed by atoms with Crippen LogP contribution in [-0.4, -0.2) is 26.2 Å². The van der Waals surface area contributed by atoms with Gasteiger partial charge in [-0.25, -0.2) is 14.3 Å². The molecule has 0 aliphatic rings. The molecule has 7 heteroatoms. The number of nitrogens with zero attached hydrogens (tertiary/aromatic N) is 3. The number of carbonyl (C=O) groups excluding carboxylic acids is 1. The van der Waals surface area contributed by atoms with Crippen molar-refractivity contribution in [2.24, 2.45) is 0 Å². The van der Waals surface area contributed by atoms with Gasteiger partial charge in [0.15, 0.2) is 0 Å². The highest BCUT2D eigenvalue weighted by Crippen LogP contribution is 2.29. The third-order valence-electron chi connectivity index (χ3n) is 3.25. The minimum absolute atomic E-state index is 0.257. The predicted octanol–water partition coefficient (Wildman–Crippen LogP) is 4.78. The van der Waals surface area contributed by atoms with Crippen LogP contribution < -0.4 is 0 Å². The predicted molar refractivity (Wildman–Crippen MR) is 92.3 cm³/mol. The number of pyridine rings is 2. The molecule has 0 spiro atoms. The molecule has 5 nitrogen and oxygen atoms in total. The monoisotopic (exact) mass is 391 g/mol. The number of carbonyl (C=O) groups is 1. The molecule has 0 aliphatic heterocycles. The summed E-state index contributed by atoms with van der Waals surface area (Å²) in [5.74, 6) is -0.647. The fourth-order valence-corrected chi connectivity index (χ4v) is 2.52. The first-order chi connectivity index (χ1) is 11.3. The number of aromatic nitrogens is 3. The van der Waals surface area contributed by atoms with E-state index in [9.17, 15) is 9.18 Å². The SMILES string of the molecule is CC(C)(C)OC(=O)n1c(-c2ccc(Br)c(F)n2)cc2ccncc21. The maximum atomic E-state index is 13.8. The van der Waals surface area contributed by atoms with E-state index in [1.165, 1.54) is 4.57 Å². The smallest absolute Gasteiger partial charge is 0.419 e. The maximum Gasteiger partial charge on any atom is 0.419 e. The van der Waals surface area contributed by atoms with Crippen LogP contribution in [0, 0.1) is 5.95 Å². The lowest BCUT2D eigenvalue weighted by atomic mass is 10.2. The van der Waals surface area contributed by atoms with Gasteiger partial charge in [-0.05, 0) is 61.0 Å². The second kappa shape index (κ2) is 5.98. The van der Waals surface area contributed by atoms with Crippen molar-refractivity contribution in [3.8, 4) is 11.4 Å². The van der Waals surface area contributed by atoms with E-state index in [1.807, 2.05) is 0 Å². The fourth-order valence-electron chi connectivity index (χ4n) is 2.30. The van der Waals surface area contributed by atoms with Crippen LogP contribution in [0.1, 0.15) is 20.8 Å². The Morgan fingerprint density at radius 1 is 1.29 bits per heavy atom. The van der Waals surface area contributed by atoms with Gasteiger partial charge in [0.1, 0.15) is 5.60 Å². The normalized spacial score (nSPS) is 11.7. The Hall–Kier alpha value is -2.28. The van der Waals surface area contributed by atoms with Crippen molar-refractivity contribution in [2.45, 2.75) is 26.4 Å². The Morgan fingerprint density at radius 2 is 2.04 bits per heavy atom. The van der Waals surface area contributed by atoms with Crippen molar-refractivity contribution >= 4 is 32.9 Å². The van der Waals surface area contributed by atoms with Crippen molar-refractivity contribution in [1.82, 2.24) is 14.5 Å². The molecule has 0 amide bonds. The lowest BCUT2D eigenvalue weighted by Gasteiger charge is -2.20. The van der Waals surface area contributed by atoms with Gasteiger partial charge in [0.2, 0.25) is 5.95 Å². The highest BCUT2D eigenvalue weighted by molar-refractivity contribution is 9.10. The highest BCUT2D eigenvalue weighted by Gasteiger charge is 2.23. The van der Waals surface area contributed by atoms with Crippen LogP contribution in [0.4, 0.5) is 9.18 Å². The van der Waals surface area contributed by atoms with Gasteiger partial charge in [0, 0.05) is 11.6 Å². The van der Waals surface area contributed by atoms with Gasteiger partial charge in [-0.2, -0.15) is 4.39 Å². The van der Waals surface area contributed by atoms with E-state index in [0.29, 0.717) is 16.9 Å². The molecule has 24 heavy (non-hydrogen) atoms. The summed E-state index contributed by atoms with van der Waals surface area (Å²) < 4.78 is 20.9. The summed E-state index contributed by atoms with van der Waals surface area (Å²) >= 11 is 3.08. The fraction of sp³-hybridized carbons (Fsp3) is 0.235. The van der Waals surface area contributed by atoms with E-state index in [1.54, 1.807) is 57.4 Å². The average Bonchev–Trinajstić information content (AvgIpc) is 2.87. The van der Waals surface area contributed by atoms with E-state index in [-0.39, 0.29) is 4.47 Å². The van der Waals surface area contributed by atoms with E-state index in [4.69, 9.17) is 4.74 Å². The standard InChI is InChI=1S/C17H15BrFN3O2/c1-17(2,3)24-16(23)22-13(8-10-6-7-20-9-14(10)22)12-5-4-11(18)15(19)21-12/h4-9H,1-3H3. The molecule has 0 atom stereocenters. The maximum absolute atomic E-state index is 13.8. The largest absolute Gasteiger partial charge is 0.443 e.